The van der Waals surface area contributed by atoms with Crippen LogP contribution in [0, 0.1) is 0 Å². The third-order valence-corrected chi connectivity index (χ3v) is 5.49. The Balaban J connectivity index is 1.51. The molecule has 2 atom stereocenters. The molecule has 0 N–H and O–H groups in total. The summed E-state index contributed by atoms with van der Waals surface area (Å²) in [5, 5.41) is 4.19. The molecule has 2 saturated heterocycles. The molecule has 3 aliphatic heterocycles. The van der Waals surface area contributed by atoms with Crippen LogP contribution in [0.15, 0.2) is 23.4 Å². The van der Waals surface area contributed by atoms with Gasteiger partial charge in [-0.3, -0.25) is 4.79 Å². The summed E-state index contributed by atoms with van der Waals surface area (Å²) < 4.78 is 41.7. The van der Waals surface area contributed by atoms with Crippen molar-refractivity contribution in [2.45, 2.75) is 50.9 Å². The van der Waals surface area contributed by atoms with Crippen molar-refractivity contribution in [3.05, 3.63) is 23.8 Å². The van der Waals surface area contributed by atoms with E-state index < -0.39 is 12.2 Å². The quantitative estimate of drug-likeness (QED) is 0.721. The molecule has 0 saturated carbocycles. The van der Waals surface area contributed by atoms with Crippen molar-refractivity contribution in [3.63, 3.8) is 0 Å². The first-order chi connectivity index (χ1) is 14.0. The van der Waals surface area contributed by atoms with Gasteiger partial charge in [-0.15, -0.1) is 0 Å². The predicted molar refractivity (Wildman–Crippen MR) is 99.4 cm³/mol. The molecule has 4 rings (SSSR count). The van der Waals surface area contributed by atoms with Gasteiger partial charge in [0.2, 0.25) is 5.91 Å². The first-order valence-corrected chi connectivity index (χ1v) is 9.84. The molecular formula is C20H24F2N2O5. The molecule has 0 radical (unpaired) electrons. The van der Waals surface area contributed by atoms with Gasteiger partial charge in [0.25, 0.3) is 0 Å². The molecule has 7 nitrogen and oxygen atoms in total. The molecule has 1 aromatic carbocycles. The van der Waals surface area contributed by atoms with E-state index in [1.165, 1.54) is 6.07 Å². The minimum Gasteiger partial charge on any atom is -0.485 e. The first-order valence-electron chi connectivity index (χ1n) is 9.84. The minimum atomic E-state index is -2.96. The average molecular weight is 410 g/mol. The Labute approximate surface area is 167 Å². The van der Waals surface area contributed by atoms with Gasteiger partial charge in [0.1, 0.15) is 6.10 Å². The van der Waals surface area contributed by atoms with Gasteiger partial charge in [-0.25, -0.2) is 0 Å². The molecule has 0 aromatic heterocycles. The monoisotopic (exact) mass is 410 g/mol. The number of hydrogen-bond donors (Lipinski definition) is 0. The van der Waals surface area contributed by atoms with Crippen molar-refractivity contribution in [2.75, 3.05) is 26.3 Å². The van der Waals surface area contributed by atoms with E-state index in [2.05, 4.69) is 9.89 Å². The second-order valence-electron chi connectivity index (χ2n) is 7.55. The fraction of sp³-hybridized carbons (Fsp3) is 0.600. The molecule has 29 heavy (non-hydrogen) atoms. The van der Waals surface area contributed by atoms with Crippen molar-refractivity contribution in [1.82, 2.24) is 4.90 Å². The van der Waals surface area contributed by atoms with Crippen LogP contribution >= 0.6 is 0 Å². The highest BCUT2D eigenvalue weighted by atomic mass is 19.3. The zero-order valence-corrected chi connectivity index (χ0v) is 16.2. The highest BCUT2D eigenvalue weighted by Crippen LogP contribution is 2.37. The maximum Gasteiger partial charge on any atom is 0.387 e. The number of carbonyl (C=O) groups excluding carboxylic acids is 1. The summed E-state index contributed by atoms with van der Waals surface area (Å²) in [4.78, 5) is 19.2. The van der Waals surface area contributed by atoms with Crippen LogP contribution in [0.5, 0.6) is 11.5 Å². The van der Waals surface area contributed by atoms with Crippen LogP contribution in [0.1, 0.15) is 38.2 Å². The minimum absolute atomic E-state index is 0.0394. The fourth-order valence-electron chi connectivity index (χ4n) is 3.90. The largest absolute Gasteiger partial charge is 0.485 e. The van der Waals surface area contributed by atoms with Gasteiger partial charge in [-0.1, -0.05) is 12.1 Å². The van der Waals surface area contributed by atoms with Crippen LogP contribution in [0.2, 0.25) is 0 Å². The molecular weight excluding hydrogens is 386 g/mol. The smallest absolute Gasteiger partial charge is 0.387 e. The maximum absolute atomic E-state index is 12.8. The molecule has 0 bridgehead atoms. The van der Waals surface area contributed by atoms with Crippen molar-refractivity contribution in [1.29, 1.82) is 0 Å². The van der Waals surface area contributed by atoms with E-state index in [1.54, 1.807) is 24.0 Å². The Kier molecular flexibility index (Phi) is 5.58. The predicted octanol–water partition coefficient (Wildman–Crippen LogP) is 2.96. The van der Waals surface area contributed by atoms with Crippen LogP contribution in [-0.2, 0) is 14.4 Å². The number of alkyl halides is 2. The molecule has 1 aromatic rings. The van der Waals surface area contributed by atoms with E-state index in [0.29, 0.717) is 45.6 Å². The number of amides is 1. The fourth-order valence-corrected chi connectivity index (χ4v) is 3.90. The Hall–Kier alpha value is -2.42. The van der Waals surface area contributed by atoms with Crippen LogP contribution in [-0.4, -0.2) is 61.1 Å². The summed E-state index contributed by atoms with van der Waals surface area (Å²) in [5.74, 6) is 0.225. The van der Waals surface area contributed by atoms with Gasteiger partial charge < -0.3 is 23.9 Å². The number of oxime groups is 1. The van der Waals surface area contributed by atoms with Gasteiger partial charge in [-0.2, -0.15) is 8.78 Å². The van der Waals surface area contributed by atoms with E-state index in [-0.39, 0.29) is 23.5 Å². The number of ether oxygens (including phenoxy) is 3. The summed E-state index contributed by atoms with van der Waals surface area (Å²) >= 11 is 0. The van der Waals surface area contributed by atoms with Crippen molar-refractivity contribution < 1.29 is 32.6 Å². The second kappa shape index (κ2) is 8.14. The van der Waals surface area contributed by atoms with Crippen molar-refractivity contribution in [2.24, 2.45) is 5.16 Å². The second-order valence-corrected chi connectivity index (χ2v) is 7.55. The average Bonchev–Trinajstić information content (AvgIpc) is 3.45. The van der Waals surface area contributed by atoms with Gasteiger partial charge in [0, 0.05) is 37.8 Å². The molecule has 1 spiro atoms. The molecule has 3 aliphatic rings. The van der Waals surface area contributed by atoms with E-state index in [0.717, 1.165) is 17.7 Å². The van der Waals surface area contributed by atoms with Gasteiger partial charge >= 0.3 is 6.61 Å². The number of likely N-dealkylation sites (tertiary alicyclic amines) is 1. The van der Waals surface area contributed by atoms with Gasteiger partial charge in [-0.05, 0) is 18.2 Å². The number of benzene rings is 1. The van der Waals surface area contributed by atoms with Crippen LogP contribution < -0.4 is 9.47 Å². The molecule has 3 heterocycles. The van der Waals surface area contributed by atoms with Gasteiger partial charge in [0.15, 0.2) is 17.1 Å². The lowest BCUT2D eigenvalue weighted by atomic mass is 9.93. The molecule has 2 fully saturated rings. The first kappa shape index (κ1) is 19.9. The zero-order chi connectivity index (χ0) is 20.4. The molecule has 158 valence electrons. The number of halogens is 2. The Morgan fingerprint density at radius 2 is 2.28 bits per heavy atom. The lowest BCUT2D eigenvalue weighted by Crippen LogP contribution is -2.30. The molecule has 9 heteroatoms. The van der Waals surface area contributed by atoms with E-state index in [9.17, 15) is 13.6 Å². The molecule has 1 amide bonds. The van der Waals surface area contributed by atoms with E-state index in [1.807, 2.05) is 0 Å². The summed E-state index contributed by atoms with van der Waals surface area (Å²) in [6.07, 6.45) is 2.13. The maximum atomic E-state index is 12.8. The number of hydrogen-bond acceptors (Lipinski definition) is 6. The number of carbonyl (C=O) groups is 1. The van der Waals surface area contributed by atoms with E-state index in [4.69, 9.17) is 14.3 Å². The molecule has 0 aliphatic carbocycles. The summed E-state index contributed by atoms with van der Waals surface area (Å²) in [7, 11) is 0. The van der Waals surface area contributed by atoms with E-state index >= 15 is 0 Å². The highest BCUT2D eigenvalue weighted by Gasteiger charge is 2.43. The third kappa shape index (κ3) is 4.29. The third-order valence-electron chi connectivity index (χ3n) is 5.49. The summed E-state index contributed by atoms with van der Waals surface area (Å²) in [5.41, 5.74) is 1.02. The Bertz CT molecular complexity index is 795. The number of rotatable bonds is 6. The highest BCUT2D eigenvalue weighted by molar-refractivity contribution is 6.02. The topological polar surface area (TPSA) is 69.6 Å². The van der Waals surface area contributed by atoms with Crippen LogP contribution in [0.25, 0.3) is 0 Å². The lowest BCUT2D eigenvalue weighted by Gasteiger charge is -2.19. The Morgan fingerprint density at radius 1 is 1.41 bits per heavy atom. The number of nitrogens with zero attached hydrogens (tertiary/aromatic N) is 2. The van der Waals surface area contributed by atoms with Crippen LogP contribution in [0.3, 0.4) is 0 Å². The Morgan fingerprint density at radius 3 is 3.00 bits per heavy atom. The summed E-state index contributed by atoms with van der Waals surface area (Å²) in [6, 6.07) is 4.78. The zero-order valence-electron chi connectivity index (χ0n) is 16.2. The normalized spacial score (nSPS) is 26.1. The standard InChI is InChI=1S/C20H24F2N2O5/c1-2-18(25)24-7-5-14(11-24)27-17-9-13(3-4-16(17)28-19(21)22)15-10-20(29-23-15)6-8-26-12-20/h3-4,9,14,19H,2,5-8,10-12H2,1H3. The van der Waals surface area contributed by atoms with Crippen LogP contribution in [0.4, 0.5) is 8.78 Å². The van der Waals surface area contributed by atoms with Gasteiger partial charge in [0.05, 0.1) is 25.5 Å². The molecule has 2 unspecified atom stereocenters. The lowest BCUT2D eigenvalue weighted by molar-refractivity contribution is -0.130. The SMILES string of the molecule is CCC(=O)N1CCC(Oc2cc(C3=NOC4(CCOC4)C3)ccc2OC(F)F)C1. The van der Waals surface area contributed by atoms with Crippen molar-refractivity contribution in [3.8, 4) is 11.5 Å². The van der Waals surface area contributed by atoms with Crippen molar-refractivity contribution >= 4 is 11.6 Å². The summed E-state index contributed by atoms with van der Waals surface area (Å²) in [6.45, 7) is 0.977.